The average Bonchev–Trinajstić information content (AvgIpc) is 2.36. The Labute approximate surface area is 115 Å². The van der Waals surface area contributed by atoms with Crippen LogP contribution in [0.3, 0.4) is 0 Å². The smallest absolute Gasteiger partial charge is 0.303 e. The van der Waals surface area contributed by atoms with Crippen molar-refractivity contribution in [3.63, 3.8) is 0 Å². The Morgan fingerprint density at radius 1 is 1.26 bits per heavy atom. The Hall–Kier alpha value is -1.62. The van der Waals surface area contributed by atoms with Gasteiger partial charge in [-0.1, -0.05) is 24.1 Å². The first kappa shape index (κ1) is 15.4. The normalized spacial score (nSPS) is 10.2. The van der Waals surface area contributed by atoms with Gasteiger partial charge in [-0.15, -0.1) is 0 Å². The van der Waals surface area contributed by atoms with E-state index in [-0.39, 0.29) is 17.0 Å². The van der Waals surface area contributed by atoms with E-state index in [1.165, 1.54) is 18.2 Å². The number of halogens is 2. The Bertz CT molecular complexity index is 465. The first-order chi connectivity index (χ1) is 9.02. The molecule has 1 amide bonds. The van der Waals surface area contributed by atoms with Gasteiger partial charge >= 0.3 is 5.97 Å². The van der Waals surface area contributed by atoms with E-state index in [0.717, 1.165) is 0 Å². The second-order valence-electron chi connectivity index (χ2n) is 4.06. The highest BCUT2D eigenvalue weighted by Crippen LogP contribution is 2.17. The summed E-state index contributed by atoms with van der Waals surface area (Å²) in [6, 6.07) is 4.24. The van der Waals surface area contributed by atoms with Crippen LogP contribution in [0.25, 0.3) is 0 Å². The van der Waals surface area contributed by atoms with Gasteiger partial charge in [0.15, 0.2) is 5.82 Å². The molecule has 2 N–H and O–H groups in total. The zero-order valence-corrected chi connectivity index (χ0v) is 11.0. The van der Waals surface area contributed by atoms with E-state index >= 15 is 0 Å². The maximum atomic E-state index is 13.5. The Balaban J connectivity index is 2.32. The quantitative estimate of drug-likeness (QED) is 0.758. The third-order valence-corrected chi connectivity index (χ3v) is 2.84. The first-order valence-corrected chi connectivity index (χ1v) is 6.34. The standard InChI is InChI=1S/C13H15ClFNO3/c14-10-6-4-5-9(12(10)15)13(19)16-8-3-1-2-7-11(17)18/h4-6H,1-3,7-8H2,(H,16,19)(H,17,18). The first-order valence-electron chi connectivity index (χ1n) is 5.96. The van der Waals surface area contributed by atoms with Crippen LogP contribution in [0, 0.1) is 5.82 Å². The molecule has 0 bridgehead atoms. The summed E-state index contributed by atoms with van der Waals surface area (Å²) in [5.74, 6) is -2.07. The molecule has 0 aliphatic heterocycles. The summed E-state index contributed by atoms with van der Waals surface area (Å²) in [5.41, 5.74) is -0.0852. The molecule has 0 aromatic heterocycles. The van der Waals surface area contributed by atoms with Crippen molar-refractivity contribution in [1.82, 2.24) is 5.32 Å². The van der Waals surface area contributed by atoms with Crippen molar-refractivity contribution < 1.29 is 19.1 Å². The van der Waals surface area contributed by atoms with Gasteiger partial charge in [0.2, 0.25) is 0 Å². The highest BCUT2D eigenvalue weighted by Gasteiger charge is 2.13. The highest BCUT2D eigenvalue weighted by atomic mass is 35.5. The minimum Gasteiger partial charge on any atom is -0.481 e. The van der Waals surface area contributed by atoms with Crippen LogP contribution in [0.2, 0.25) is 5.02 Å². The van der Waals surface area contributed by atoms with E-state index in [9.17, 15) is 14.0 Å². The van der Waals surface area contributed by atoms with Crippen LogP contribution in [-0.2, 0) is 4.79 Å². The van der Waals surface area contributed by atoms with Crippen molar-refractivity contribution in [2.45, 2.75) is 25.7 Å². The number of hydrogen-bond donors (Lipinski definition) is 2. The average molecular weight is 288 g/mol. The Kier molecular flexibility index (Phi) is 6.29. The molecule has 1 aromatic carbocycles. The summed E-state index contributed by atoms with van der Waals surface area (Å²) in [7, 11) is 0. The molecular formula is C13H15ClFNO3. The summed E-state index contributed by atoms with van der Waals surface area (Å²) in [6.45, 7) is 0.379. The van der Waals surface area contributed by atoms with E-state index in [2.05, 4.69) is 5.32 Å². The van der Waals surface area contributed by atoms with Gasteiger partial charge in [-0.3, -0.25) is 9.59 Å². The van der Waals surface area contributed by atoms with Crippen LogP contribution < -0.4 is 5.32 Å². The summed E-state index contributed by atoms with van der Waals surface area (Å²) in [6.07, 6.45) is 2.04. The van der Waals surface area contributed by atoms with Gasteiger partial charge in [0.1, 0.15) is 0 Å². The highest BCUT2D eigenvalue weighted by molar-refractivity contribution is 6.31. The summed E-state index contributed by atoms with van der Waals surface area (Å²) >= 11 is 5.58. The number of amides is 1. The molecule has 1 aromatic rings. The molecule has 0 radical (unpaired) electrons. The van der Waals surface area contributed by atoms with Crippen LogP contribution in [0.1, 0.15) is 36.0 Å². The number of carbonyl (C=O) groups excluding carboxylic acids is 1. The zero-order valence-electron chi connectivity index (χ0n) is 10.3. The van der Waals surface area contributed by atoms with Crippen LogP contribution in [0.15, 0.2) is 18.2 Å². The predicted molar refractivity (Wildman–Crippen MR) is 69.8 cm³/mol. The molecule has 0 aliphatic carbocycles. The van der Waals surface area contributed by atoms with E-state index in [4.69, 9.17) is 16.7 Å². The Morgan fingerprint density at radius 2 is 2.00 bits per heavy atom. The fraction of sp³-hybridized carbons (Fsp3) is 0.385. The van der Waals surface area contributed by atoms with Gasteiger partial charge < -0.3 is 10.4 Å². The molecule has 0 saturated carbocycles. The number of rotatable bonds is 7. The zero-order chi connectivity index (χ0) is 14.3. The molecule has 19 heavy (non-hydrogen) atoms. The molecule has 6 heteroatoms. The number of carboxylic acid groups (broad SMARTS) is 1. The number of hydrogen-bond acceptors (Lipinski definition) is 2. The van der Waals surface area contributed by atoms with Gasteiger partial charge in [-0.25, -0.2) is 4.39 Å². The van der Waals surface area contributed by atoms with Gasteiger partial charge in [0.05, 0.1) is 10.6 Å². The fourth-order valence-corrected chi connectivity index (χ4v) is 1.73. The van der Waals surface area contributed by atoms with Crippen molar-refractivity contribution in [2.24, 2.45) is 0 Å². The number of unbranched alkanes of at least 4 members (excludes halogenated alkanes) is 2. The third kappa shape index (κ3) is 5.26. The van der Waals surface area contributed by atoms with Crippen LogP contribution in [0.5, 0.6) is 0 Å². The summed E-state index contributed by atoms with van der Waals surface area (Å²) < 4.78 is 13.5. The maximum Gasteiger partial charge on any atom is 0.303 e. The molecule has 0 atom stereocenters. The fourth-order valence-electron chi connectivity index (χ4n) is 1.55. The molecule has 0 saturated heterocycles. The molecule has 0 aliphatic rings. The van der Waals surface area contributed by atoms with Crippen molar-refractivity contribution in [1.29, 1.82) is 0 Å². The second kappa shape index (κ2) is 7.74. The molecule has 0 spiro atoms. The lowest BCUT2D eigenvalue weighted by Crippen LogP contribution is -2.25. The van der Waals surface area contributed by atoms with Gasteiger partial charge in [0.25, 0.3) is 5.91 Å². The Morgan fingerprint density at radius 3 is 2.68 bits per heavy atom. The summed E-state index contributed by atoms with van der Waals surface area (Å²) in [5, 5.41) is 10.9. The van der Waals surface area contributed by atoms with Gasteiger partial charge in [0, 0.05) is 13.0 Å². The predicted octanol–water partition coefficient (Wildman–Crippen LogP) is 2.85. The largest absolute Gasteiger partial charge is 0.481 e. The van der Waals surface area contributed by atoms with E-state index in [1.54, 1.807) is 0 Å². The molecule has 1 rings (SSSR count). The number of carbonyl (C=O) groups is 2. The number of benzene rings is 1. The SMILES string of the molecule is O=C(O)CCCCCNC(=O)c1cccc(Cl)c1F. The van der Waals surface area contributed by atoms with Crippen LogP contribution in [0.4, 0.5) is 4.39 Å². The molecule has 4 nitrogen and oxygen atoms in total. The van der Waals surface area contributed by atoms with Gasteiger partial charge in [-0.05, 0) is 25.0 Å². The van der Waals surface area contributed by atoms with Crippen LogP contribution >= 0.6 is 11.6 Å². The molecule has 0 fully saturated rings. The maximum absolute atomic E-state index is 13.5. The van der Waals surface area contributed by atoms with Crippen molar-refractivity contribution in [2.75, 3.05) is 6.54 Å². The van der Waals surface area contributed by atoms with Gasteiger partial charge in [-0.2, -0.15) is 0 Å². The summed E-state index contributed by atoms with van der Waals surface area (Å²) in [4.78, 5) is 21.9. The lowest BCUT2D eigenvalue weighted by Gasteiger charge is -2.06. The third-order valence-electron chi connectivity index (χ3n) is 2.55. The molecule has 0 unspecified atom stereocenters. The van der Waals surface area contributed by atoms with Crippen molar-refractivity contribution in [3.8, 4) is 0 Å². The molecular weight excluding hydrogens is 273 g/mol. The molecule has 0 heterocycles. The lowest BCUT2D eigenvalue weighted by atomic mass is 10.1. The lowest BCUT2D eigenvalue weighted by molar-refractivity contribution is -0.137. The number of nitrogens with one attached hydrogen (secondary N) is 1. The topological polar surface area (TPSA) is 66.4 Å². The minimum atomic E-state index is -0.829. The number of carboxylic acids is 1. The van der Waals surface area contributed by atoms with E-state index < -0.39 is 17.7 Å². The van der Waals surface area contributed by atoms with Crippen molar-refractivity contribution in [3.05, 3.63) is 34.6 Å². The monoisotopic (exact) mass is 287 g/mol. The van der Waals surface area contributed by atoms with Crippen LogP contribution in [-0.4, -0.2) is 23.5 Å². The number of aliphatic carboxylic acids is 1. The van der Waals surface area contributed by atoms with Crippen molar-refractivity contribution >= 4 is 23.5 Å². The second-order valence-corrected chi connectivity index (χ2v) is 4.47. The van der Waals surface area contributed by atoms with E-state index in [1.807, 2.05) is 0 Å². The minimum absolute atomic E-state index is 0.0852. The van der Waals surface area contributed by atoms with E-state index in [0.29, 0.717) is 25.8 Å². The molecule has 104 valence electrons.